The summed E-state index contributed by atoms with van der Waals surface area (Å²) in [6, 6.07) is 0. The van der Waals surface area contributed by atoms with Gasteiger partial charge in [0.2, 0.25) is 0 Å². The quantitative estimate of drug-likeness (QED) is 0.413. The highest BCUT2D eigenvalue weighted by molar-refractivity contribution is 4.96. The zero-order chi connectivity index (χ0) is 11.1. The number of rotatable bonds is 2. The van der Waals surface area contributed by atoms with Crippen LogP contribution in [0.3, 0.4) is 0 Å². The third kappa shape index (κ3) is 1.80. The Labute approximate surface area is 86.6 Å². The number of ether oxygens (including phenoxy) is 3. The Bertz CT molecular complexity index is 302. The summed E-state index contributed by atoms with van der Waals surface area (Å²) in [4.78, 5) is 2.68. The molecular formula is C8H13N3O4. The predicted octanol–water partition coefficient (Wildman–Crippen LogP) is 0.534. The molecule has 2 aliphatic heterocycles. The summed E-state index contributed by atoms with van der Waals surface area (Å²) < 4.78 is 16.4. The largest absolute Gasteiger partial charge is 0.394 e. The van der Waals surface area contributed by atoms with E-state index in [1.165, 1.54) is 0 Å². The first-order valence-electron chi connectivity index (χ1n) is 4.73. The van der Waals surface area contributed by atoms with E-state index >= 15 is 0 Å². The van der Waals surface area contributed by atoms with Crippen molar-refractivity contribution in [1.29, 1.82) is 0 Å². The molecule has 0 aromatic carbocycles. The van der Waals surface area contributed by atoms with Gasteiger partial charge in [-0.05, 0) is 19.4 Å². The van der Waals surface area contributed by atoms with E-state index in [-0.39, 0.29) is 12.7 Å². The maximum atomic E-state index is 9.07. The van der Waals surface area contributed by atoms with Crippen LogP contribution in [0.25, 0.3) is 10.4 Å². The number of nitrogens with zero attached hydrogens (tertiary/aromatic N) is 3. The molecule has 0 aromatic rings. The summed E-state index contributed by atoms with van der Waals surface area (Å²) in [5.74, 6) is -0.726. The van der Waals surface area contributed by atoms with Crippen molar-refractivity contribution < 1.29 is 19.3 Å². The Balaban J connectivity index is 2.18. The molecule has 0 bridgehead atoms. The van der Waals surface area contributed by atoms with Gasteiger partial charge in [-0.3, -0.25) is 0 Å². The van der Waals surface area contributed by atoms with Gasteiger partial charge in [-0.15, -0.1) is 0 Å². The van der Waals surface area contributed by atoms with Gasteiger partial charge in [0.05, 0.1) is 6.61 Å². The molecule has 0 amide bonds. The SMILES string of the molecule is CC1(C)OC2[C@H](N=[N+]=[N-])O[C@H](CO)[C@H]2O1. The van der Waals surface area contributed by atoms with Crippen LogP contribution in [-0.4, -0.2) is 42.0 Å². The number of fused-ring (bicyclic) bond motifs is 1. The maximum absolute atomic E-state index is 9.07. The number of aliphatic hydroxyl groups excluding tert-OH is 1. The third-order valence-electron chi connectivity index (χ3n) is 2.47. The molecule has 2 fully saturated rings. The van der Waals surface area contributed by atoms with E-state index in [0.29, 0.717) is 0 Å². The zero-order valence-corrected chi connectivity index (χ0v) is 8.53. The molecule has 1 unspecified atom stereocenters. The van der Waals surface area contributed by atoms with Gasteiger partial charge >= 0.3 is 0 Å². The molecule has 0 aliphatic carbocycles. The number of hydrogen-bond donors (Lipinski definition) is 1. The van der Waals surface area contributed by atoms with E-state index in [1.54, 1.807) is 13.8 Å². The topological polar surface area (TPSA) is 96.7 Å². The van der Waals surface area contributed by atoms with Crippen LogP contribution in [0.4, 0.5) is 0 Å². The second-order valence-corrected chi connectivity index (χ2v) is 4.02. The standard InChI is InChI=1S/C8H13N3O4/c1-8(2)14-5-4(3-12)13-7(10-11-9)6(5)15-8/h4-7,12H,3H2,1-2H3/t4-,5-,6?,7-/m1/s1. The van der Waals surface area contributed by atoms with E-state index in [0.717, 1.165) is 0 Å². The second-order valence-electron chi connectivity index (χ2n) is 4.02. The van der Waals surface area contributed by atoms with E-state index in [1.807, 2.05) is 0 Å². The first kappa shape index (κ1) is 10.7. The summed E-state index contributed by atoms with van der Waals surface area (Å²) in [7, 11) is 0. The van der Waals surface area contributed by atoms with Gasteiger partial charge in [0.25, 0.3) is 0 Å². The van der Waals surface area contributed by atoms with Crippen LogP contribution in [0.5, 0.6) is 0 Å². The molecule has 84 valence electrons. The zero-order valence-electron chi connectivity index (χ0n) is 8.53. The molecule has 0 aromatic heterocycles. The van der Waals surface area contributed by atoms with Gasteiger partial charge in [-0.25, -0.2) is 0 Å². The van der Waals surface area contributed by atoms with Crippen LogP contribution < -0.4 is 0 Å². The normalized spacial score (nSPS) is 42.3. The van der Waals surface area contributed by atoms with Gasteiger partial charge in [0.1, 0.15) is 18.3 Å². The fourth-order valence-electron chi connectivity index (χ4n) is 1.95. The lowest BCUT2D eigenvalue weighted by Gasteiger charge is -2.21. The van der Waals surface area contributed by atoms with Gasteiger partial charge in [-0.1, -0.05) is 5.11 Å². The van der Waals surface area contributed by atoms with Crippen LogP contribution in [0.15, 0.2) is 5.11 Å². The van der Waals surface area contributed by atoms with Crippen molar-refractivity contribution in [3.05, 3.63) is 10.4 Å². The summed E-state index contributed by atoms with van der Waals surface area (Å²) >= 11 is 0. The molecule has 0 radical (unpaired) electrons. The smallest absolute Gasteiger partial charge is 0.165 e. The van der Waals surface area contributed by atoms with E-state index < -0.39 is 24.2 Å². The number of hydrogen-bond acceptors (Lipinski definition) is 5. The highest BCUT2D eigenvalue weighted by atomic mass is 16.8. The van der Waals surface area contributed by atoms with Crippen LogP contribution in [0.1, 0.15) is 13.8 Å². The van der Waals surface area contributed by atoms with Crippen LogP contribution >= 0.6 is 0 Å². The van der Waals surface area contributed by atoms with Crippen molar-refractivity contribution in [3.8, 4) is 0 Å². The molecule has 15 heavy (non-hydrogen) atoms. The highest BCUT2D eigenvalue weighted by Crippen LogP contribution is 2.38. The highest BCUT2D eigenvalue weighted by Gasteiger charge is 2.54. The van der Waals surface area contributed by atoms with Crippen molar-refractivity contribution in [2.75, 3.05) is 6.61 Å². The molecule has 0 saturated carbocycles. The average Bonchev–Trinajstić information content (AvgIpc) is 2.61. The van der Waals surface area contributed by atoms with Crippen molar-refractivity contribution in [3.63, 3.8) is 0 Å². The van der Waals surface area contributed by atoms with E-state index in [4.69, 9.17) is 24.8 Å². The molecule has 7 heteroatoms. The minimum Gasteiger partial charge on any atom is -0.394 e. The summed E-state index contributed by atoms with van der Waals surface area (Å²) in [6.45, 7) is 3.36. The Hall–Kier alpha value is -0.850. The lowest BCUT2D eigenvalue weighted by Crippen LogP contribution is -2.31. The fourth-order valence-corrected chi connectivity index (χ4v) is 1.95. The summed E-state index contributed by atoms with van der Waals surface area (Å²) in [5.41, 5.74) is 8.36. The summed E-state index contributed by atoms with van der Waals surface area (Å²) in [6.07, 6.45) is -2.03. The lowest BCUT2D eigenvalue weighted by molar-refractivity contribution is -0.189. The van der Waals surface area contributed by atoms with Gasteiger partial charge in [0, 0.05) is 4.91 Å². The molecule has 2 saturated heterocycles. The Morgan fingerprint density at radius 3 is 2.67 bits per heavy atom. The van der Waals surface area contributed by atoms with Crippen molar-refractivity contribution in [2.45, 2.75) is 44.2 Å². The Kier molecular flexibility index (Phi) is 2.57. The second kappa shape index (κ2) is 3.62. The van der Waals surface area contributed by atoms with Crippen LogP contribution in [0.2, 0.25) is 0 Å². The van der Waals surface area contributed by atoms with E-state index in [9.17, 15) is 0 Å². The van der Waals surface area contributed by atoms with Crippen LogP contribution in [-0.2, 0) is 14.2 Å². The summed E-state index contributed by atoms with van der Waals surface area (Å²) in [5, 5.41) is 12.5. The number of azide groups is 1. The van der Waals surface area contributed by atoms with E-state index in [2.05, 4.69) is 10.0 Å². The van der Waals surface area contributed by atoms with Crippen LogP contribution in [0, 0.1) is 0 Å². The molecule has 2 rings (SSSR count). The third-order valence-corrected chi connectivity index (χ3v) is 2.47. The average molecular weight is 215 g/mol. The first-order valence-corrected chi connectivity index (χ1v) is 4.73. The molecular weight excluding hydrogens is 202 g/mol. The van der Waals surface area contributed by atoms with Gasteiger partial charge in [0.15, 0.2) is 12.0 Å². The van der Waals surface area contributed by atoms with Crippen molar-refractivity contribution in [1.82, 2.24) is 0 Å². The molecule has 2 heterocycles. The molecule has 2 aliphatic rings. The Morgan fingerprint density at radius 1 is 1.40 bits per heavy atom. The molecule has 1 N–H and O–H groups in total. The Morgan fingerprint density at radius 2 is 2.07 bits per heavy atom. The first-order chi connectivity index (χ1) is 7.07. The predicted molar refractivity (Wildman–Crippen MR) is 48.7 cm³/mol. The minimum absolute atomic E-state index is 0.182. The minimum atomic E-state index is -0.726. The molecule has 0 spiro atoms. The monoisotopic (exact) mass is 215 g/mol. The fraction of sp³-hybridized carbons (Fsp3) is 1.00. The van der Waals surface area contributed by atoms with Gasteiger partial charge < -0.3 is 19.3 Å². The maximum Gasteiger partial charge on any atom is 0.165 e. The molecule has 7 nitrogen and oxygen atoms in total. The lowest BCUT2D eigenvalue weighted by atomic mass is 10.1. The van der Waals surface area contributed by atoms with Crippen molar-refractivity contribution in [2.24, 2.45) is 5.11 Å². The number of aliphatic hydroxyl groups is 1. The van der Waals surface area contributed by atoms with Gasteiger partial charge in [-0.2, -0.15) is 0 Å². The molecule has 4 atom stereocenters. The van der Waals surface area contributed by atoms with Crippen molar-refractivity contribution >= 4 is 0 Å².